The van der Waals surface area contributed by atoms with Gasteiger partial charge in [0.05, 0.1) is 24.0 Å². The first kappa shape index (κ1) is 16.6. The Hall–Kier alpha value is -0.750. The number of methoxy groups -OCH3 is 2. The van der Waals surface area contributed by atoms with Gasteiger partial charge < -0.3 is 14.8 Å². The molecule has 0 radical (unpaired) electrons. The van der Waals surface area contributed by atoms with Gasteiger partial charge in [0.25, 0.3) is 0 Å². The molecule has 1 atom stereocenters. The van der Waals surface area contributed by atoms with E-state index in [0.717, 1.165) is 9.35 Å². The Kier molecular flexibility index (Phi) is 5.54. The van der Waals surface area contributed by atoms with E-state index in [1.54, 1.807) is 25.6 Å². The zero-order valence-electron chi connectivity index (χ0n) is 12.3. The fourth-order valence-electron chi connectivity index (χ4n) is 2.22. The van der Waals surface area contributed by atoms with E-state index in [2.05, 4.69) is 34.2 Å². The summed E-state index contributed by atoms with van der Waals surface area (Å²) in [6.07, 6.45) is 0. The molecule has 1 heterocycles. The Morgan fingerprint density at radius 2 is 2.00 bits per heavy atom. The molecule has 3 nitrogen and oxygen atoms in total. The predicted octanol–water partition coefficient (Wildman–Crippen LogP) is 4.80. The highest BCUT2D eigenvalue weighted by Crippen LogP contribution is 2.43. The maximum atomic E-state index is 6.36. The lowest BCUT2D eigenvalue weighted by Gasteiger charge is -2.20. The number of hydrogen-bond donors (Lipinski definition) is 1. The summed E-state index contributed by atoms with van der Waals surface area (Å²) < 4.78 is 11.9. The van der Waals surface area contributed by atoms with Gasteiger partial charge in [-0.25, -0.2) is 0 Å². The number of thiophene rings is 1. The molecular weight excluding hydrogens is 374 g/mol. The summed E-state index contributed by atoms with van der Waals surface area (Å²) in [5.74, 6) is 1.24. The van der Waals surface area contributed by atoms with Crippen LogP contribution in [-0.2, 0) is 0 Å². The van der Waals surface area contributed by atoms with Crippen LogP contribution in [-0.4, -0.2) is 21.3 Å². The molecule has 0 spiro atoms. The average Bonchev–Trinajstić information content (AvgIpc) is 2.79. The monoisotopic (exact) mass is 389 g/mol. The molecule has 2 rings (SSSR count). The Balaban J connectivity index is 2.54. The molecule has 6 heteroatoms. The number of halogens is 2. The predicted molar refractivity (Wildman–Crippen MR) is 92.2 cm³/mol. The Morgan fingerprint density at radius 3 is 2.48 bits per heavy atom. The third kappa shape index (κ3) is 3.21. The van der Waals surface area contributed by atoms with Gasteiger partial charge in [0.15, 0.2) is 0 Å². The normalized spacial score (nSPS) is 12.3. The lowest BCUT2D eigenvalue weighted by molar-refractivity contribution is 0.389. The number of rotatable bonds is 5. The van der Waals surface area contributed by atoms with Crippen LogP contribution in [0, 0.1) is 6.92 Å². The third-order valence-electron chi connectivity index (χ3n) is 3.28. The van der Waals surface area contributed by atoms with Gasteiger partial charge in [-0.15, -0.1) is 11.3 Å². The van der Waals surface area contributed by atoms with Crippen molar-refractivity contribution in [1.82, 2.24) is 5.32 Å². The van der Waals surface area contributed by atoms with Gasteiger partial charge >= 0.3 is 0 Å². The minimum absolute atomic E-state index is 0.0124. The highest BCUT2D eigenvalue weighted by Gasteiger charge is 2.22. The number of aryl methyl sites for hydroxylation is 1. The van der Waals surface area contributed by atoms with Gasteiger partial charge in [-0.05, 0) is 53.7 Å². The molecule has 0 amide bonds. The molecule has 2 aromatic rings. The lowest BCUT2D eigenvalue weighted by Crippen LogP contribution is -2.17. The van der Waals surface area contributed by atoms with Crippen molar-refractivity contribution in [1.29, 1.82) is 0 Å². The van der Waals surface area contributed by atoms with E-state index in [1.807, 2.05) is 19.2 Å². The first-order valence-corrected chi connectivity index (χ1v) is 8.35. The standard InChI is InChI=1S/C15H17BrClNO2S/c1-8-7-11(21-15(8)16)13(18-2)9-5-6-10(19-3)12(17)14(9)20-4/h5-7,13,18H,1-4H3. The number of nitrogens with one attached hydrogen (secondary N) is 1. The van der Waals surface area contributed by atoms with Crippen LogP contribution in [0.25, 0.3) is 0 Å². The van der Waals surface area contributed by atoms with Crippen molar-refractivity contribution in [3.63, 3.8) is 0 Å². The summed E-state index contributed by atoms with van der Waals surface area (Å²) in [4.78, 5) is 1.20. The van der Waals surface area contributed by atoms with E-state index >= 15 is 0 Å². The van der Waals surface area contributed by atoms with E-state index in [0.29, 0.717) is 16.5 Å². The van der Waals surface area contributed by atoms with Crippen LogP contribution in [0.2, 0.25) is 5.02 Å². The molecule has 0 bridgehead atoms. The first-order chi connectivity index (χ1) is 10.0. The van der Waals surface area contributed by atoms with Crippen molar-refractivity contribution >= 4 is 38.9 Å². The maximum absolute atomic E-state index is 6.36. The minimum atomic E-state index is 0.0124. The van der Waals surface area contributed by atoms with Crippen molar-refractivity contribution in [2.75, 3.05) is 21.3 Å². The van der Waals surface area contributed by atoms with Crippen LogP contribution < -0.4 is 14.8 Å². The Bertz CT molecular complexity index is 625. The zero-order chi connectivity index (χ0) is 15.6. The van der Waals surface area contributed by atoms with E-state index in [-0.39, 0.29) is 6.04 Å². The van der Waals surface area contributed by atoms with Gasteiger partial charge in [-0.2, -0.15) is 0 Å². The molecule has 1 aromatic heterocycles. The molecule has 0 fully saturated rings. The fourth-order valence-corrected chi connectivity index (χ4v) is 4.25. The molecule has 114 valence electrons. The minimum Gasteiger partial charge on any atom is -0.495 e. The average molecular weight is 391 g/mol. The highest BCUT2D eigenvalue weighted by molar-refractivity contribution is 9.11. The molecule has 1 N–H and O–H groups in total. The van der Waals surface area contributed by atoms with Crippen LogP contribution in [0.1, 0.15) is 22.0 Å². The Morgan fingerprint density at radius 1 is 1.29 bits per heavy atom. The van der Waals surface area contributed by atoms with Gasteiger partial charge in [0, 0.05) is 10.4 Å². The van der Waals surface area contributed by atoms with Crippen molar-refractivity contribution in [3.05, 3.63) is 43.0 Å². The molecule has 1 aromatic carbocycles. The first-order valence-electron chi connectivity index (χ1n) is 6.37. The lowest BCUT2D eigenvalue weighted by atomic mass is 10.0. The van der Waals surface area contributed by atoms with Crippen molar-refractivity contribution in [2.45, 2.75) is 13.0 Å². The van der Waals surface area contributed by atoms with Gasteiger partial charge in [0.1, 0.15) is 16.5 Å². The van der Waals surface area contributed by atoms with Crippen molar-refractivity contribution in [3.8, 4) is 11.5 Å². The summed E-state index contributed by atoms with van der Waals surface area (Å²) in [7, 11) is 5.13. The maximum Gasteiger partial charge on any atom is 0.146 e. The second-order valence-corrected chi connectivity index (χ2v) is 7.31. The quantitative estimate of drug-likeness (QED) is 0.795. The fraction of sp³-hybridized carbons (Fsp3) is 0.333. The smallest absolute Gasteiger partial charge is 0.146 e. The molecule has 0 aliphatic heterocycles. The zero-order valence-corrected chi connectivity index (χ0v) is 15.4. The Labute approximate surface area is 142 Å². The van der Waals surface area contributed by atoms with E-state index in [1.165, 1.54) is 10.4 Å². The highest BCUT2D eigenvalue weighted by atomic mass is 79.9. The van der Waals surface area contributed by atoms with Crippen molar-refractivity contribution < 1.29 is 9.47 Å². The summed E-state index contributed by atoms with van der Waals surface area (Å²) >= 11 is 11.6. The van der Waals surface area contributed by atoms with Crippen LogP contribution in [0.4, 0.5) is 0 Å². The SMILES string of the molecule is CNC(c1cc(C)c(Br)s1)c1ccc(OC)c(Cl)c1OC. The van der Waals surface area contributed by atoms with Crippen LogP contribution in [0.15, 0.2) is 22.0 Å². The number of benzene rings is 1. The van der Waals surface area contributed by atoms with Crippen LogP contribution in [0.3, 0.4) is 0 Å². The molecule has 0 aliphatic rings. The topological polar surface area (TPSA) is 30.5 Å². The second kappa shape index (κ2) is 7.01. The van der Waals surface area contributed by atoms with Gasteiger partial charge in [-0.3, -0.25) is 0 Å². The van der Waals surface area contributed by atoms with E-state index < -0.39 is 0 Å². The molecule has 0 saturated heterocycles. The summed E-state index contributed by atoms with van der Waals surface area (Å²) in [5.41, 5.74) is 2.20. The molecule has 0 saturated carbocycles. The van der Waals surface area contributed by atoms with Crippen molar-refractivity contribution in [2.24, 2.45) is 0 Å². The van der Waals surface area contributed by atoms with Crippen LogP contribution >= 0.6 is 38.9 Å². The van der Waals surface area contributed by atoms with Gasteiger partial charge in [0.2, 0.25) is 0 Å². The summed E-state index contributed by atoms with van der Waals surface area (Å²) in [6, 6.07) is 6.01. The summed E-state index contributed by atoms with van der Waals surface area (Å²) in [5, 5.41) is 3.82. The second-order valence-electron chi connectivity index (χ2n) is 4.53. The molecule has 0 aliphatic carbocycles. The molecular formula is C15H17BrClNO2S. The van der Waals surface area contributed by atoms with Gasteiger partial charge in [-0.1, -0.05) is 11.6 Å². The number of hydrogen-bond acceptors (Lipinski definition) is 4. The van der Waals surface area contributed by atoms with E-state index in [4.69, 9.17) is 21.1 Å². The molecule has 1 unspecified atom stereocenters. The largest absolute Gasteiger partial charge is 0.495 e. The van der Waals surface area contributed by atoms with Crippen LogP contribution in [0.5, 0.6) is 11.5 Å². The number of ether oxygens (including phenoxy) is 2. The summed E-state index contributed by atoms with van der Waals surface area (Å²) in [6.45, 7) is 2.08. The van der Waals surface area contributed by atoms with E-state index in [9.17, 15) is 0 Å². The third-order valence-corrected chi connectivity index (χ3v) is 5.84. The molecule has 21 heavy (non-hydrogen) atoms.